The molecule has 0 unspecified atom stereocenters. The summed E-state index contributed by atoms with van der Waals surface area (Å²) < 4.78 is 42.2. The van der Waals surface area contributed by atoms with E-state index in [0.29, 0.717) is 6.54 Å². The minimum absolute atomic E-state index is 0.400. The maximum absolute atomic E-state index is 13.8. The lowest BCUT2D eigenvalue weighted by Crippen LogP contribution is -2.39. The van der Waals surface area contributed by atoms with Crippen molar-refractivity contribution in [3.8, 4) is 5.69 Å². The Balaban J connectivity index is 1.74. The van der Waals surface area contributed by atoms with Gasteiger partial charge in [0.2, 0.25) is 5.91 Å². The molecule has 0 spiro atoms. The van der Waals surface area contributed by atoms with Gasteiger partial charge in [-0.25, -0.2) is 17.9 Å². The summed E-state index contributed by atoms with van der Waals surface area (Å²) in [6.45, 7) is 5.94. The number of halogens is 3. The third-order valence-corrected chi connectivity index (χ3v) is 5.18. The molecule has 158 valence electrons. The summed E-state index contributed by atoms with van der Waals surface area (Å²) in [6.07, 6.45) is 0. The van der Waals surface area contributed by atoms with Gasteiger partial charge in [0.25, 0.3) is 0 Å². The molecule has 0 aliphatic heterocycles. The van der Waals surface area contributed by atoms with Crippen LogP contribution in [0.5, 0.6) is 0 Å². The minimum atomic E-state index is -1.62. The van der Waals surface area contributed by atoms with E-state index in [9.17, 15) is 18.0 Å². The van der Waals surface area contributed by atoms with Gasteiger partial charge in [-0.2, -0.15) is 5.10 Å². The van der Waals surface area contributed by atoms with Crippen LogP contribution in [-0.4, -0.2) is 33.7 Å². The first-order chi connectivity index (χ1) is 14.2. The number of rotatable bonds is 6. The first-order valence-electron chi connectivity index (χ1n) is 9.45. The van der Waals surface area contributed by atoms with E-state index in [4.69, 9.17) is 0 Å². The van der Waals surface area contributed by atoms with Crippen molar-refractivity contribution in [1.29, 1.82) is 0 Å². The number of aromatic nitrogens is 2. The van der Waals surface area contributed by atoms with E-state index in [1.807, 2.05) is 48.9 Å². The van der Waals surface area contributed by atoms with Crippen molar-refractivity contribution in [2.75, 3.05) is 12.4 Å². The Morgan fingerprint density at radius 1 is 1.10 bits per heavy atom. The Hall–Kier alpha value is -3.13. The molecule has 0 aliphatic carbocycles. The largest absolute Gasteiger partial charge is 0.322 e. The zero-order valence-corrected chi connectivity index (χ0v) is 17.2. The molecule has 2 aromatic carbocycles. The zero-order chi connectivity index (χ0) is 22.0. The van der Waals surface area contributed by atoms with E-state index >= 15 is 0 Å². The van der Waals surface area contributed by atoms with Crippen LogP contribution in [0.4, 0.5) is 18.9 Å². The fraction of sp³-hybridized carbons (Fsp3) is 0.273. The highest BCUT2D eigenvalue weighted by atomic mass is 19.2. The molecule has 30 heavy (non-hydrogen) atoms. The van der Waals surface area contributed by atoms with Crippen LogP contribution >= 0.6 is 0 Å². The summed E-state index contributed by atoms with van der Waals surface area (Å²) in [5.74, 6) is -4.88. The second kappa shape index (κ2) is 8.71. The summed E-state index contributed by atoms with van der Waals surface area (Å²) in [5.41, 5.74) is 3.29. The molecule has 0 aliphatic rings. The number of para-hydroxylation sites is 1. The van der Waals surface area contributed by atoms with Crippen molar-refractivity contribution < 1.29 is 18.0 Å². The molecule has 8 heteroatoms. The third-order valence-electron chi connectivity index (χ3n) is 5.18. The lowest BCUT2D eigenvalue weighted by atomic mass is 10.1. The fourth-order valence-corrected chi connectivity index (χ4v) is 3.17. The van der Waals surface area contributed by atoms with Crippen LogP contribution in [0.2, 0.25) is 0 Å². The number of benzene rings is 2. The van der Waals surface area contributed by atoms with E-state index < -0.39 is 35.1 Å². The number of amides is 1. The SMILES string of the molecule is Cc1nn(-c2ccccc2)c(C)c1CN(C)[C@H](C)C(=O)Nc1ccc(F)c(F)c1F. The molecular formula is C22H23F3N4O. The average molecular weight is 416 g/mol. The summed E-state index contributed by atoms with van der Waals surface area (Å²) in [4.78, 5) is 14.3. The maximum atomic E-state index is 13.8. The number of nitrogens with zero attached hydrogens (tertiary/aromatic N) is 3. The lowest BCUT2D eigenvalue weighted by molar-refractivity contribution is -0.120. The highest BCUT2D eigenvalue weighted by Crippen LogP contribution is 2.22. The van der Waals surface area contributed by atoms with Crippen LogP contribution in [0.15, 0.2) is 42.5 Å². The van der Waals surface area contributed by atoms with Gasteiger partial charge in [-0.05, 0) is 52.1 Å². The first-order valence-corrected chi connectivity index (χ1v) is 9.45. The van der Waals surface area contributed by atoms with Crippen molar-refractivity contribution >= 4 is 11.6 Å². The van der Waals surface area contributed by atoms with Crippen molar-refractivity contribution in [3.05, 3.63) is 76.9 Å². The van der Waals surface area contributed by atoms with Gasteiger partial charge in [0.15, 0.2) is 17.5 Å². The van der Waals surface area contributed by atoms with Crippen LogP contribution in [0, 0.1) is 31.3 Å². The average Bonchev–Trinajstić information content (AvgIpc) is 3.02. The minimum Gasteiger partial charge on any atom is -0.322 e. The molecule has 3 rings (SSSR count). The van der Waals surface area contributed by atoms with Gasteiger partial charge in [0, 0.05) is 17.8 Å². The van der Waals surface area contributed by atoms with Crippen LogP contribution in [-0.2, 0) is 11.3 Å². The summed E-state index contributed by atoms with van der Waals surface area (Å²) in [7, 11) is 1.75. The van der Waals surface area contributed by atoms with Crippen molar-refractivity contribution in [3.63, 3.8) is 0 Å². The van der Waals surface area contributed by atoms with Gasteiger partial charge < -0.3 is 5.32 Å². The normalized spacial score (nSPS) is 12.3. The number of carbonyl (C=O) groups excluding carboxylic acids is 1. The van der Waals surface area contributed by atoms with E-state index in [2.05, 4.69) is 10.4 Å². The molecule has 1 heterocycles. The number of aryl methyl sites for hydroxylation is 1. The highest BCUT2D eigenvalue weighted by Gasteiger charge is 2.23. The van der Waals surface area contributed by atoms with E-state index in [-0.39, 0.29) is 0 Å². The fourth-order valence-electron chi connectivity index (χ4n) is 3.17. The van der Waals surface area contributed by atoms with Crippen molar-refractivity contribution in [1.82, 2.24) is 14.7 Å². The smallest absolute Gasteiger partial charge is 0.241 e. The highest BCUT2D eigenvalue weighted by molar-refractivity contribution is 5.94. The number of hydrogen-bond acceptors (Lipinski definition) is 3. The van der Waals surface area contributed by atoms with Crippen molar-refractivity contribution in [2.24, 2.45) is 0 Å². The van der Waals surface area contributed by atoms with Gasteiger partial charge in [-0.3, -0.25) is 9.69 Å². The van der Waals surface area contributed by atoms with Gasteiger partial charge in [0.05, 0.1) is 23.1 Å². The third kappa shape index (κ3) is 4.23. The molecule has 0 bridgehead atoms. The molecule has 1 atom stereocenters. The number of hydrogen-bond donors (Lipinski definition) is 1. The monoisotopic (exact) mass is 416 g/mol. The van der Waals surface area contributed by atoms with E-state index in [1.54, 1.807) is 18.9 Å². The molecule has 1 aromatic heterocycles. The predicted molar refractivity (Wildman–Crippen MR) is 109 cm³/mol. The van der Waals surface area contributed by atoms with Gasteiger partial charge in [-0.1, -0.05) is 18.2 Å². The topological polar surface area (TPSA) is 50.2 Å². The second-order valence-electron chi connectivity index (χ2n) is 7.20. The van der Waals surface area contributed by atoms with Crippen molar-refractivity contribution in [2.45, 2.75) is 33.4 Å². The van der Waals surface area contributed by atoms with Gasteiger partial charge >= 0.3 is 0 Å². The molecule has 5 nitrogen and oxygen atoms in total. The maximum Gasteiger partial charge on any atom is 0.241 e. The van der Waals surface area contributed by atoms with Crippen LogP contribution in [0.3, 0.4) is 0 Å². The predicted octanol–water partition coefficient (Wildman–Crippen LogP) is 4.37. The molecule has 3 aromatic rings. The molecule has 1 amide bonds. The quantitative estimate of drug-likeness (QED) is 0.608. The first kappa shape index (κ1) is 21.6. The number of carbonyl (C=O) groups is 1. The molecule has 0 saturated heterocycles. The van der Waals surface area contributed by atoms with Crippen LogP contribution < -0.4 is 5.32 Å². The Bertz CT molecular complexity index is 1070. The number of likely N-dealkylation sites (N-methyl/N-ethyl adjacent to an activating group) is 1. The van der Waals surface area contributed by atoms with Crippen LogP contribution in [0.25, 0.3) is 5.69 Å². The van der Waals surface area contributed by atoms with E-state index in [1.165, 1.54) is 0 Å². The second-order valence-corrected chi connectivity index (χ2v) is 7.20. The van der Waals surface area contributed by atoms with Gasteiger partial charge in [0.1, 0.15) is 0 Å². The zero-order valence-electron chi connectivity index (χ0n) is 17.2. The molecule has 1 N–H and O–H groups in total. The Morgan fingerprint density at radius 2 is 1.77 bits per heavy atom. The van der Waals surface area contributed by atoms with Gasteiger partial charge in [-0.15, -0.1) is 0 Å². The Labute approximate surface area is 173 Å². The Morgan fingerprint density at radius 3 is 2.43 bits per heavy atom. The van der Waals surface area contributed by atoms with E-state index in [0.717, 1.165) is 34.8 Å². The van der Waals surface area contributed by atoms with Crippen LogP contribution in [0.1, 0.15) is 23.9 Å². The summed E-state index contributed by atoms with van der Waals surface area (Å²) in [6, 6.07) is 10.8. The molecular weight excluding hydrogens is 393 g/mol. The summed E-state index contributed by atoms with van der Waals surface area (Å²) in [5, 5.41) is 6.92. The standard InChI is InChI=1S/C22H23F3N4O/c1-13-17(14(2)29(27-13)16-8-6-5-7-9-16)12-28(4)15(3)22(30)26-19-11-10-18(23)20(24)21(19)25/h5-11,15H,12H2,1-4H3,(H,26,30)/t15-/m1/s1. The molecule has 0 saturated carbocycles. The number of anilines is 1. The Kier molecular flexibility index (Phi) is 6.26. The molecule has 0 radical (unpaired) electrons. The molecule has 0 fully saturated rings. The summed E-state index contributed by atoms with van der Waals surface area (Å²) >= 11 is 0. The number of nitrogens with one attached hydrogen (secondary N) is 1. The lowest BCUT2D eigenvalue weighted by Gasteiger charge is -2.24.